The van der Waals surface area contributed by atoms with Crippen LogP contribution < -0.4 is 11.1 Å². The highest BCUT2D eigenvalue weighted by Gasteiger charge is 2.47. The summed E-state index contributed by atoms with van der Waals surface area (Å²) in [5, 5.41) is 7.48. The van der Waals surface area contributed by atoms with Gasteiger partial charge in [0.1, 0.15) is 17.2 Å². The maximum Gasteiger partial charge on any atom is 0.419 e. The highest BCUT2D eigenvalue weighted by Crippen LogP contribution is 2.41. The number of nitrogens with two attached hydrogens (primary N) is 1. The highest BCUT2D eigenvalue weighted by atomic mass is 19.4. The fraction of sp³-hybridized carbons (Fsp3) is 0.435. The van der Waals surface area contributed by atoms with E-state index in [-0.39, 0.29) is 24.2 Å². The number of nitrogen functional groups attached to an aromatic ring is 1. The van der Waals surface area contributed by atoms with Gasteiger partial charge in [0.05, 0.1) is 42.7 Å². The molecule has 0 radical (unpaired) electrons. The molecule has 3 N–H and O–H groups in total. The van der Waals surface area contributed by atoms with Crippen molar-refractivity contribution in [3.63, 3.8) is 0 Å². The van der Waals surface area contributed by atoms with E-state index in [9.17, 15) is 18.0 Å². The predicted molar refractivity (Wildman–Crippen MR) is 122 cm³/mol. The minimum atomic E-state index is -4.63. The van der Waals surface area contributed by atoms with Crippen molar-refractivity contribution in [2.24, 2.45) is 0 Å². The first-order valence-electron chi connectivity index (χ1n) is 11.4. The van der Waals surface area contributed by atoms with E-state index in [0.717, 1.165) is 11.6 Å². The standard InChI is InChI=1S/C23H25F3N8O2/c1-13(16-10-28-14(2)29-11-16)31-21(35)33-4-3-22(12-33)19-8-18(32-34(19)5-6-36-22)15-7-17(23(24,25)26)20(27)30-9-15/h7-11,13H,3-6,12H2,1-2H3,(H2,27,30)(H,31,35)/t13-,22-/m1/s1. The second kappa shape index (κ2) is 8.73. The average molecular weight is 503 g/mol. The van der Waals surface area contributed by atoms with E-state index < -0.39 is 23.2 Å². The molecule has 36 heavy (non-hydrogen) atoms. The van der Waals surface area contributed by atoms with Crippen LogP contribution in [0.4, 0.5) is 23.8 Å². The van der Waals surface area contributed by atoms with Crippen LogP contribution in [0.3, 0.4) is 0 Å². The fourth-order valence-corrected chi connectivity index (χ4v) is 4.61. The number of rotatable bonds is 3. The minimum Gasteiger partial charge on any atom is -0.383 e. The molecule has 5 heterocycles. The van der Waals surface area contributed by atoms with Crippen LogP contribution in [0.15, 0.2) is 30.7 Å². The lowest BCUT2D eigenvalue weighted by Gasteiger charge is -2.34. The number of carbonyl (C=O) groups excluding carboxylic acids is 1. The van der Waals surface area contributed by atoms with Crippen LogP contribution in [0.1, 0.15) is 42.0 Å². The Hall–Kier alpha value is -3.74. The van der Waals surface area contributed by atoms with Crippen molar-refractivity contribution in [2.75, 3.05) is 25.4 Å². The number of alkyl halides is 3. The van der Waals surface area contributed by atoms with Gasteiger partial charge in [-0.2, -0.15) is 18.3 Å². The number of aromatic nitrogens is 5. The van der Waals surface area contributed by atoms with Gasteiger partial charge in [-0.05, 0) is 26.0 Å². The predicted octanol–water partition coefficient (Wildman–Crippen LogP) is 3.05. The molecule has 0 aromatic carbocycles. The maximum atomic E-state index is 13.3. The molecule has 2 aliphatic rings. The third kappa shape index (κ3) is 4.34. The van der Waals surface area contributed by atoms with Crippen LogP contribution in [-0.2, 0) is 23.1 Å². The Morgan fingerprint density at radius 1 is 1.19 bits per heavy atom. The van der Waals surface area contributed by atoms with Crippen molar-refractivity contribution in [3.05, 3.63) is 53.4 Å². The zero-order valence-electron chi connectivity index (χ0n) is 19.7. The molecule has 0 saturated carbocycles. The summed E-state index contributed by atoms with van der Waals surface area (Å²) in [5.74, 6) is 0.0625. The van der Waals surface area contributed by atoms with Gasteiger partial charge in [0.25, 0.3) is 0 Å². The smallest absolute Gasteiger partial charge is 0.383 e. The molecular weight excluding hydrogens is 477 g/mol. The van der Waals surface area contributed by atoms with Gasteiger partial charge in [0.2, 0.25) is 0 Å². The number of nitrogens with one attached hydrogen (secondary N) is 1. The zero-order valence-corrected chi connectivity index (χ0v) is 19.7. The van der Waals surface area contributed by atoms with Crippen LogP contribution in [0.5, 0.6) is 0 Å². The summed E-state index contributed by atoms with van der Waals surface area (Å²) in [6, 6.07) is 2.12. The molecule has 3 aromatic heterocycles. The topological polar surface area (TPSA) is 124 Å². The van der Waals surface area contributed by atoms with E-state index in [4.69, 9.17) is 10.5 Å². The van der Waals surface area contributed by atoms with Crippen LogP contribution in [0.25, 0.3) is 11.3 Å². The molecule has 190 valence electrons. The van der Waals surface area contributed by atoms with E-state index in [1.54, 1.807) is 35.0 Å². The molecule has 2 aliphatic heterocycles. The molecule has 0 unspecified atom stereocenters. The Morgan fingerprint density at radius 3 is 2.67 bits per heavy atom. The summed E-state index contributed by atoms with van der Waals surface area (Å²) in [6.07, 6.45) is 0.537. The zero-order chi connectivity index (χ0) is 25.7. The first-order valence-corrected chi connectivity index (χ1v) is 11.4. The lowest BCUT2D eigenvalue weighted by atomic mass is 9.96. The SMILES string of the molecule is Cc1ncc([C@@H](C)NC(=O)N2CC[C@]3(C2)OCCn2nc(-c4cnc(N)c(C(F)(F)F)c4)cc23)cn1. The molecule has 2 amide bonds. The van der Waals surface area contributed by atoms with Crippen molar-refractivity contribution in [3.8, 4) is 11.3 Å². The fourth-order valence-electron chi connectivity index (χ4n) is 4.61. The van der Waals surface area contributed by atoms with Crippen molar-refractivity contribution in [1.82, 2.24) is 34.9 Å². The number of carbonyl (C=O) groups is 1. The lowest BCUT2D eigenvalue weighted by Crippen LogP contribution is -2.44. The summed E-state index contributed by atoms with van der Waals surface area (Å²) in [7, 11) is 0. The number of hydrogen-bond acceptors (Lipinski definition) is 7. The quantitative estimate of drug-likeness (QED) is 0.564. The van der Waals surface area contributed by atoms with E-state index in [0.29, 0.717) is 43.3 Å². The average Bonchev–Trinajstić information content (AvgIpc) is 3.45. The first kappa shape index (κ1) is 24.0. The second-order valence-electron chi connectivity index (χ2n) is 9.04. The molecule has 1 spiro atoms. The van der Waals surface area contributed by atoms with Gasteiger partial charge in [0.15, 0.2) is 0 Å². The number of likely N-dealkylation sites (tertiary alicyclic amines) is 1. The molecular formula is C23H25F3N8O2. The van der Waals surface area contributed by atoms with Gasteiger partial charge >= 0.3 is 12.2 Å². The number of ether oxygens (including phenoxy) is 1. The molecule has 10 nitrogen and oxygen atoms in total. The number of fused-ring (bicyclic) bond motifs is 2. The van der Waals surface area contributed by atoms with Gasteiger partial charge in [-0.25, -0.2) is 19.7 Å². The molecule has 0 aliphatic carbocycles. The summed E-state index contributed by atoms with van der Waals surface area (Å²) in [4.78, 5) is 26.7. The van der Waals surface area contributed by atoms with E-state index >= 15 is 0 Å². The Balaban J connectivity index is 1.36. The van der Waals surface area contributed by atoms with Gasteiger partial charge < -0.3 is 20.7 Å². The molecule has 3 aromatic rings. The number of anilines is 1. The molecule has 1 saturated heterocycles. The third-order valence-corrected chi connectivity index (χ3v) is 6.61. The number of nitrogens with zero attached hydrogens (tertiary/aromatic N) is 6. The van der Waals surface area contributed by atoms with E-state index in [2.05, 4.69) is 25.4 Å². The lowest BCUT2D eigenvalue weighted by molar-refractivity contribution is -0.137. The normalized spacial score (nSPS) is 20.4. The summed E-state index contributed by atoms with van der Waals surface area (Å²) in [5.41, 5.74) is 5.67. The molecule has 5 rings (SSSR count). The van der Waals surface area contributed by atoms with Gasteiger partial charge in [-0.15, -0.1) is 0 Å². The summed E-state index contributed by atoms with van der Waals surface area (Å²) in [6.45, 7) is 5.19. The Morgan fingerprint density at radius 2 is 1.94 bits per heavy atom. The summed E-state index contributed by atoms with van der Waals surface area (Å²) >= 11 is 0. The van der Waals surface area contributed by atoms with Crippen LogP contribution in [-0.4, -0.2) is 55.4 Å². The van der Waals surface area contributed by atoms with Gasteiger partial charge in [-0.1, -0.05) is 0 Å². The monoisotopic (exact) mass is 502 g/mol. The Labute approximate surface area is 204 Å². The largest absolute Gasteiger partial charge is 0.419 e. The second-order valence-corrected chi connectivity index (χ2v) is 9.04. The minimum absolute atomic E-state index is 0.204. The number of urea groups is 1. The first-order chi connectivity index (χ1) is 17.1. The van der Waals surface area contributed by atoms with E-state index in [1.165, 1.54) is 6.20 Å². The highest BCUT2D eigenvalue weighted by molar-refractivity contribution is 5.75. The Bertz CT molecular complexity index is 1290. The molecule has 13 heteroatoms. The summed E-state index contributed by atoms with van der Waals surface area (Å²) < 4.78 is 47.9. The number of amides is 2. The number of aryl methyl sites for hydroxylation is 1. The van der Waals surface area contributed by atoms with Crippen LogP contribution in [0.2, 0.25) is 0 Å². The van der Waals surface area contributed by atoms with Gasteiger partial charge in [-0.3, -0.25) is 4.68 Å². The van der Waals surface area contributed by atoms with Crippen molar-refractivity contribution in [2.45, 2.75) is 44.6 Å². The van der Waals surface area contributed by atoms with Crippen LogP contribution >= 0.6 is 0 Å². The molecule has 0 bridgehead atoms. The van der Waals surface area contributed by atoms with Crippen LogP contribution in [0, 0.1) is 6.92 Å². The van der Waals surface area contributed by atoms with Crippen molar-refractivity contribution >= 4 is 11.8 Å². The number of pyridine rings is 1. The van der Waals surface area contributed by atoms with Crippen molar-refractivity contribution in [1.29, 1.82) is 0 Å². The van der Waals surface area contributed by atoms with Gasteiger partial charge in [0, 0.05) is 42.7 Å². The third-order valence-electron chi connectivity index (χ3n) is 6.61. The maximum absolute atomic E-state index is 13.3. The van der Waals surface area contributed by atoms with Crippen molar-refractivity contribution < 1.29 is 22.7 Å². The number of halogens is 3. The number of hydrogen-bond donors (Lipinski definition) is 2. The molecule has 1 fully saturated rings. The van der Waals surface area contributed by atoms with E-state index in [1.807, 2.05) is 6.92 Å². The molecule has 2 atom stereocenters. The Kier molecular flexibility index (Phi) is 5.81.